The number of aryl methyl sites for hydroxylation is 1. The van der Waals surface area contributed by atoms with Gasteiger partial charge in [0.2, 0.25) is 0 Å². The predicted octanol–water partition coefficient (Wildman–Crippen LogP) is 2.47. The van der Waals surface area contributed by atoms with Crippen LogP contribution in [0.3, 0.4) is 0 Å². The Labute approximate surface area is 177 Å². The summed E-state index contributed by atoms with van der Waals surface area (Å²) in [4.78, 5) is 25.7. The van der Waals surface area contributed by atoms with Gasteiger partial charge in [0.1, 0.15) is 19.0 Å². The molecule has 0 amide bonds. The van der Waals surface area contributed by atoms with Crippen LogP contribution in [0.5, 0.6) is 17.2 Å². The molecule has 0 radical (unpaired) electrons. The molecule has 3 heterocycles. The molecule has 1 aliphatic rings. The van der Waals surface area contributed by atoms with Gasteiger partial charge in [-0.15, -0.1) is 0 Å². The summed E-state index contributed by atoms with van der Waals surface area (Å²) < 4.78 is 21.2. The molecule has 0 atom stereocenters. The summed E-state index contributed by atoms with van der Waals surface area (Å²) in [6.45, 7) is 0.986. The Kier molecular flexibility index (Phi) is 4.35. The van der Waals surface area contributed by atoms with Gasteiger partial charge in [-0.3, -0.25) is 13.9 Å². The molecule has 1 aliphatic heterocycles. The van der Waals surface area contributed by atoms with Gasteiger partial charge in [-0.1, -0.05) is 0 Å². The summed E-state index contributed by atoms with van der Waals surface area (Å²) in [5.74, 6) is 2.04. The Bertz CT molecular complexity index is 1430. The number of rotatable bonds is 3. The van der Waals surface area contributed by atoms with Crippen LogP contribution in [0.1, 0.15) is 0 Å². The molecule has 0 bridgehead atoms. The molecule has 2 aromatic heterocycles. The van der Waals surface area contributed by atoms with Crippen LogP contribution < -0.4 is 25.5 Å². The minimum atomic E-state index is -0.377. The topological polar surface area (TPSA) is 76.6 Å². The van der Waals surface area contributed by atoms with E-state index < -0.39 is 0 Å². The van der Waals surface area contributed by atoms with E-state index in [4.69, 9.17) is 14.2 Å². The fraction of sp³-hybridized carbons (Fsp3) is 0.217. The van der Waals surface area contributed by atoms with Gasteiger partial charge in [-0.05, 0) is 42.0 Å². The third kappa shape index (κ3) is 2.91. The molecule has 8 heteroatoms. The molecule has 5 rings (SSSR count). The lowest BCUT2D eigenvalue weighted by atomic mass is 10.1. The van der Waals surface area contributed by atoms with E-state index in [0.717, 1.165) is 15.8 Å². The second-order valence-corrected chi connectivity index (χ2v) is 7.37. The number of hydrogen-bond acceptors (Lipinski definition) is 5. The lowest BCUT2D eigenvalue weighted by Gasteiger charge is -2.19. The second kappa shape index (κ2) is 7.09. The van der Waals surface area contributed by atoms with Crippen molar-refractivity contribution < 1.29 is 14.2 Å². The van der Waals surface area contributed by atoms with Gasteiger partial charge < -0.3 is 18.8 Å². The predicted molar refractivity (Wildman–Crippen MR) is 117 cm³/mol. The molecule has 0 aliphatic carbocycles. The van der Waals surface area contributed by atoms with E-state index >= 15 is 0 Å². The molecule has 4 aromatic rings. The van der Waals surface area contributed by atoms with Crippen molar-refractivity contribution in [3.05, 3.63) is 69.5 Å². The van der Waals surface area contributed by atoms with Crippen molar-refractivity contribution in [2.24, 2.45) is 14.1 Å². The maximum Gasteiger partial charge on any atom is 0.330 e. The summed E-state index contributed by atoms with van der Waals surface area (Å²) in [5, 5.41) is 0.463. The first-order valence-corrected chi connectivity index (χ1v) is 9.85. The summed E-state index contributed by atoms with van der Waals surface area (Å²) in [5.41, 5.74) is 2.12. The third-order valence-electron chi connectivity index (χ3n) is 5.61. The SMILES string of the molecule is COc1ccc(-c2c3c(=O)n(C)c(=O)n(C)c3cn2-c2ccc3c(c2)OCCO3)cc1. The lowest BCUT2D eigenvalue weighted by molar-refractivity contribution is 0.171. The van der Waals surface area contributed by atoms with Gasteiger partial charge in [0.15, 0.2) is 11.5 Å². The molecule has 0 fully saturated rings. The van der Waals surface area contributed by atoms with Crippen LogP contribution in [0.2, 0.25) is 0 Å². The van der Waals surface area contributed by atoms with Crippen LogP contribution in [0, 0.1) is 0 Å². The quantitative estimate of drug-likeness (QED) is 0.510. The first-order valence-electron chi connectivity index (χ1n) is 9.85. The van der Waals surface area contributed by atoms with Gasteiger partial charge in [0.05, 0.1) is 23.7 Å². The minimum Gasteiger partial charge on any atom is -0.497 e. The Hall–Kier alpha value is -3.94. The number of methoxy groups -OCH3 is 1. The number of benzene rings is 2. The Balaban J connectivity index is 1.85. The van der Waals surface area contributed by atoms with E-state index in [-0.39, 0.29) is 11.2 Å². The monoisotopic (exact) mass is 419 g/mol. The Morgan fingerprint density at radius 1 is 0.903 bits per heavy atom. The summed E-state index contributed by atoms with van der Waals surface area (Å²) >= 11 is 0. The van der Waals surface area contributed by atoms with Crippen molar-refractivity contribution in [3.8, 4) is 34.2 Å². The van der Waals surface area contributed by atoms with E-state index in [9.17, 15) is 9.59 Å². The van der Waals surface area contributed by atoms with E-state index in [1.807, 2.05) is 53.2 Å². The van der Waals surface area contributed by atoms with Crippen molar-refractivity contribution in [3.63, 3.8) is 0 Å². The van der Waals surface area contributed by atoms with Crippen LogP contribution in [-0.2, 0) is 14.1 Å². The molecule has 0 saturated carbocycles. The van der Waals surface area contributed by atoms with E-state index in [0.29, 0.717) is 47.1 Å². The van der Waals surface area contributed by atoms with Crippen molar-refractivity contribution in [1.82, 2.24) is 13.7 Å². The van der Waals surface area contributed by atoms with Gasteiger partial charge in [0, 0.05) is 32.0 Å². The van der Waals surface area contributed by atoms with E-state index in [1.54, 1.807) is 14.2 Å². The highest BCUT2D eigenvalue weighted by Gasteiger charge is 2.21. The van der Waals surface area contributed by atoms with Crippen molar-refractivity contribution >= 4 is 10.9 Å². The van der Waals surface area contributed by atoms with E-state index in [1.165, 1.54) is 11.6 Å². The highest BCUT2D eigenvalue weighted by atomic mass is 16.6. The minimum absolute atomic E-state index is 0.347. The van der Waals surface area contributed by atoms with Crippen molar-refractivity contribution in [2.45, 2.75) is 0 Å². The first-order chi connectivity index (χ1) is 15.0. The number of fused-ring (bicyclic) bond motifs is 2. The maximum absolute atomic E-state index is 13.2. The van der Waals surface area contributed by atoms with Gasteiger partial charge in [-0.2, -0.15) is 0 Å². The number of hydrogen-bond donors (Lipinski definition) is 0. The van der Waals surface area contributed by atoms with Crippen LogP contribution >= 0.6 is 0 Å². The largest absolute Gasteiger partial charge is 0.497 e. The van der Waals surface area contributed by atoms with Crippen LogP contribution in [-0.4, -0.2) is 34.0 Å². The zero-order valence-electron chi connectivity index (χ0n) is 17.4. The lowest BCUT2D eigenvalue weighted by Crippen LogP contribution is -2.36. The van der Waals surface area contributed by atoms with Gasteiger partial charge in [0.25, 0.3) is 5.56 Å². The summed E-state index contributed by atoms with van der Waals surface area (Å²) in [7, 11) is 4.76. The molecule has 158 valence electrons. The summed E-state index contributed by atoms with van der Waals surface area (Å²) in [6.07, 6.45) is 1.81. The smallest absolute Gasteiger partial charge is 0.330 e. The van der Waals surface area contributed by atoms with Gasteiger partial charge in [-0.25, -0.2) is 4.79 Å². The van der Waals surface area contributed by atoms with E-state index in [2.05, 4.69) is 0 Å². The number of nitrogens with zero attached hydrogens (tertiary/aromatic N) is 3. The second-order valence-electron chi connectivity index (χ2n) is 7.37. The molecule has 0 saturated heterocycles. The van der Waals surface area contributed by atoms with Crippen LogP contribution in [0.4, 0.5) is 0 Å². The average molecular weight is 419 g/mol. The number of ether oxygens (including phenoxy) is 3. The standard InChI is InChI=1S/C23H21N3O5/c1-24-17-13-26(15-6-9-18-19(12-15)31-11-10-30-18)21(14-4-7-16(29-3)8-5-14)20(17)22(27)25(2)23(24)28/h4-9,12-13H,10-11H2,1-3H3. The molecule has 0 unspecified atom stereocenters. The zero-order chi connectivity index (χ0) is 21.7. The zero-order valence-corrected chi connectivity index (χ0v) is 17.4. The fourth-order valence-corrected chi connectivity index (χ4v) is 3.96. The molecule has 0 spiro atoms. The molecule has 0 N–H and O–H groups in total. The van der Waals surface area contributed by atoms with Gasteiger partial charge >= 0.3 is 5.69 Å². The van der Waals surface area contributed by atoms with Crippen molar-refractivity contribution in [2.75, 3.05) is 20.3 Å². The first kappa shape index (κ1) is 19.0. The Morgan fingerprint density at radius 3 is 2.32 bits per heavy atom. The highest BCUT2D eigenvalue weighted by molar-refractivity contribution is 5.95. The third-order valence-corrected chi connectivity index (χ3v) is 5.61. The maximum atomic E-state index is 13.2. The molecular weight excluding hydrogens is 398 g/mol. The molecule has 31 heavy (non-hydrogen) atoms. The summed E-state index contributed by atoms with van der Waals surface area (Å²) in [6, 6.07) is 13.1. The normalized spacial score (nSPS) is 12.9. The van der Waals surface area contributed by atoms with Crippen LogP contribution in [0.25, 0.3) is 27.8 Å². The van der Waals surface area contributed by atoms with Crippen LogP contribution in [0.15, 0.2) is 58.3 Å². The molecular formula is C23H21N3O5. The highest BCUT2D eigenvalue weighted by Crippen LogP contribution is 2.36. The average Bonchev–Trinajstić information content (AvgIpc) is 3.22. The van der Waals surface area contributed by atoms with Crippen molar-refractivity contribution in [1.29, 1.82) is 0 Å². The Morgan fingerprint density at radius 2 is 1.61 bits per heavy atom. The fourth-order valence-electron chi connectivity index (χ4n) is 3.96. The molecule has 2 aromatic carbocycles. The number of aromatic nitrogens is 3. The molecule has 8 nitrogen and oxygen atoms in total.